The van der Waals surface area contributed by atoms with Crippen molar-refractivity contribution in [2.45, 2.75) is 37.3 Å². The first kappa shape index (κ1) is 32.8. The summed E-state index contributed by atoms with van der Waals surface area (Å²) < 4.78 is 88.5. The lowest BCUT2D eigenvalue weighted by Gasteiger charge is -2.16. The van der Waals surface area contributed by atoms with Crippen LogP contribution in [0.4, 0.5) is 18.9 Å². The Labute approximate surface area is 267 Å². The molecule has 0 spiro atoms. The minimum absolute atomic E-state index is 0.0224. The number of benzene rings is 1. The lowest BCUT2D eigenvalue weighted by Crippen LogP contribution is -2.22. The molecule has 4 aromatic heterocycles. The predicted octanol–water partition coefficient (Wildman–Crippen LogP) is 7.11. The Hall–Kier alpha value is -3.63. The largest absolute Gasteiger partial charge is 0.480 e. The zero-order valence-electron chi connectivity index (χ0n) is 24.4. The van der Waals surface area contributed by atoms with Crippen molar-refractivity contribution in [2.24, 2.45) is 0 Å². The Bertz CT molecular complexity index is 2020. The zero-order chi connectivity index (χ0) is 32.7. The van der Waals surface area contributed by atoms with Gasteiger partial charge in [-0.1, -0.05) is 42.8 Å². The van der Waals surface area contributed by atoms with Gasteiger partial charge in [0, 0.05) is 32.6 Å². The summed E-state index contributed by atoms with van der Waals surface area (Å²) in [7, 11) is -4.64. The second-order valence-corrected chi connectivity index (χ2v) is 19.2. The molecule has 0 aliphatic carbocycles. The van der Waals surface area contributed by atoms with Crippen LogP contribution in [-0.2, 0) is 21.5 Å². The van der Waals surface area contributed by atoms with Crippen molar-refractivity contribution < 1.29 is 31.1 Å². The summed E-state index contributed by atoms with van der Waals surface area (Å²) in [6.45, 7) is 7.38. The standard InChI is InChI=1S/C28H27Cl2F3N6O4SSi/c1-42-28-21(11-16(29)12-34-28)44(40,41)37-19-7-6-18(31)23(24(19)32)17-5-8-20-25(35-14-39(20)26(17)33)27-36-22(30)13-38(27)15-43-9-10-45(2,3)4/h5-8,11-14,37H,9-10,15H2,1-4H3. The van der Waals surface area contributed by atoms with E-state index in [0.717, 1.165) is 35.0 Å². The van der Waals surface area contributed by atoms with Crippen LogP contribution in [0.1, 0.15) is 0 Å². The van der Waals surface area contributed by atoms with Crippen LogP contribution in [-0.4, -0.2) is 54.1 Å². The van der Waals surface area contributed by atoms with Gasteiger partial charge in [0.25, 0.3) is 10.0 Å². The van der Waals surface area contributed by atoms with Crippen molar-refractivity contribution in [3.8, 4) is 28.5 Å². The first-order valence-corrected chi connectivity index (χ1v) is 19.3. The van der Waals surface area contributed by atoms with Gasteiger partial charge in [-0.3, -0.25) is 9.12 Å². The Kier molecular flexibility index (Phi) is 9.20. The predicted molar refractivity (Wildman–Crippen MR) is 167 cm³/mol. The van der Waals surface area contributed by atoms with E-state index >= 15 is 13.2 Å². The van der Waals surface area contributed by atoms with Gasteiger partial charge in [0.05, 0.1) is 28.9 Å². The van der Waals surface area contributed by atoms with Crippen molar-refractivity contribution in [1.82, 2.24) is 23.9 Å². The maximum absolute atomic E-state index is 15.9. The van der Waals surface area contributed by atoms with E-state index in [1.807, 2.05) is 4.72 Å². The number of aromatic nitrogens is 5. The van der Waals surface area contributed by atoms with E-state index in [-0.39, 0.29) is 34.0 Å². The van der Waals surface area contributed by atoms with E-state index in [9.17, 15) is 8.42 Å². The van der Waals surface area contributed by atoms with Crippen molar-refractivity contribution in [2.75, 3.05) is 18.4 Å². The first-order valence-electron chi connectivity index (χ1n) is 13.4. The highest BCUT2D eigenvalue weighted by Crippen LogP contribution is 2.36. The molecule has 0 unspecified atom stereocenters. The molecule has 0 bridgehead atoms. The molecule has 1 N–H and O–H groups in total. The van der Waals surface area contributed by atoms with Crippen LogP contribution in [0.3, 0.4) is 0 Å². The Morgan fingerprint density at radius 2 is 1.82 bits per heavy atom. The number of methoxy groups -OCH3 is 1. The number of nitrogens with one attached hydrogen (secondary N) is 1. The van der Waals surface area contributed by atoms with Crippen LogP contribution in [0.2, 0.25) is 35.9 Å². The van der Waals surface area contributed by atoms with Gasteiger partial charge in [-0.2, -0.15) is 4.39 Å². The number of imidazole rings is 2. The lowest BCUT2D eigenvalue weighted by molar-refractivity contribution is 0.0882. The molecule has 0 atom stereocenters. The summed E-state index contributed by atoms with van der Waals surface area (Å²) in [6.07, 6.45) is 3.87. The smallest absolute Gasteiger partial charge is 0.267 e. The third-order valence-electron chi connectivity index (χ3n) is 6.70. The highest BCUT2D eigenvalue weighted by molar-refractivity contribution is 7.92. The van der Waals surface area contributed by atoms with Crippen LogP contribution in [0, 0.1) is 17.6 Å². The van der Waals surface area contributed by atoms with Gasteiger partial charge in [0.2, 0.25) is 11.8 Å². The first-order chi connectivity index (χ1) is 21.2. The third kappa shape index (κ3) is 6.82. The second-order valence-electron chi connectivity index (χ2n) is 11.1. The number of rotatable bonds is 11. The van der Waals surface area contributed by atoms with Gasteiger partial charge in [-0.05, 0) is 36.4 Å². The number of halogens is 5. The van der Waals surface area contributed by atoms with Crippen LogP contribution in [0.5, 0.6) is 5.88 Å². The summed E-state index contributed by atoms with van der Waals surface area (Å²) in [4.78, 5) is 11.9. The minimum Gasteiger partial charge on any atom is -0.480 e. The van der Waals surface area contributed by atoms with Crippen molar-refractivity contribution in [3.05, 3.63) is 76.8 Å². The Morgan fingerprint density at radius 3 is 2.53 bits per heavy atom. The van der Waals surface area contributed by atoms with E-state index in [1.165, 1.54) is 25.4 Å². The van der Waals surface area contributed by atoms with Crippen molar-refractivity contribution >= 4 is 52.5 Å². The SMILES string of the molecule is COc1ncc(Cl)cc1S(=O)(=O)Nc1ccc(F)c(-c2ccc3c(-c4nc(Cl)cn4COCC[Si](C)(C)C)ncn3c2F)c1F. The zero-order valence-corrected chi connectivity index (χ0v) is 27.7. The maximum atomic E-state index is 15.9. The Morgan fingerprint density at radius 1 is 1.07 bits per heavy atom. The summed E-state index contributed by atoms with van der Waals surface area (Å²) in [5.74, 6) is -3.54. The van der Waals surface area contributed by atoms with Gasteiger partial charge in [0.15, 0.2) is 16.5 Å². The molecule has 4 heterocycles. The van der Waals surface area contributed by atoms with E-state index < -0.39 is 57.4 Å². The summed E-state index contributed by atoms with van der Waals surface area (Å²) in [5, 5.41) is 0.150. The number of hydrogen-bond donors (Lipinski definition) is 1. The second kappa shape index (κ2) is 12.6. The average molecular weight is 700 g/mol. The number of anilines is 1. The highest BCUT2D eigenvalue weighted by atomic mass is 35.5. The number of fused-ring (bicyclic) bond motifs is 1. The van der Waals surface area contributed by atoms with Crippen molar-refractivity contribution in [3.63, 3.8) is 0 Å². The summed E-state index contributed by atoms with van der Waals surface area (Å²) in [5.41, 5.74) is -1.44. The van der Waals surface area contributed by atoms with E-state index in [2.05, 4.69) is 34.6 Å². The number of pyridine rings is 2. The molecule has 0 aliphatic heterocycles. The minimum atomic E-state index is -4.52. The molecule has 0 saturated heterocycles. The molecule has 17 heteroatoms. The van der Waals surface area contributed by atoms with Gasteiger partial charge in [0.1, 0.15) is 29.7 Å². The molecule has 238 valence electrons. The van der Waals surface area contributed by atoms with Crippen molar-refractivity contribution in [1.29, 1.82) is 0 Å². The van der Waals surface area contributed by atoms with Gasteiger partial charge < -0.3 is 14.0 Å². The molecule has 5 rings (SSSR count). The summed E-state index contributed by atoms with van der Waals surface area (Å²) in [6, 6.07) is 6.27. The normalized spacial score (nSPS) is 12.2. The monoisotopic (exact) mass is 698 g/mol. The number of sulfonamides is 1. The fraction of sp³-hybridized carbons (Fsp3) is 0.250. The fourth-order valence-corrected chi connectivity index (χ4v) is 6.82. The molecule has 10 nitrogen and oxygen atoms in total. The third-order valence-corrected chi connectivity index (χ3v) is 10.2. The quantitative estimate of drug-likeness (QED) is 0.0889. The lowest BCUT2D eigenvalue weighted by atomic mass is 10.0. The molecule has 0 saturated carbocycles. The van der Waals surface area contributed by atoms with Gasteiger partial charge in [-0.25, -0.2) is 32.2 Å². The summed E-state index contributed by atoms with van der Waals surface area (Å²) >= 11 is 12.1. The molecular weight excluding hydrogens is 672 g/mol. The number of hydrogen-bond acceptors (Lipinski definition) is 7. The average Bonchev–Trinajstić information content (AvgIpc) is 3.56. The maximum Gasteiger partial charge on any atom is 0.267 e. The highest BCUT2D eigenvalue weighted by Gasteiger charge is 2.27. The van der Waals surface area contributed by atoms with E-state index in [1.54, 1.807) is 10.8 Å². The number of ether oxygens (including phenoxy) is 2. The molecule has 45 heavy (non-hydrogen) atoms. The van der Waals surface area contributed by atoms with E-state index in [0.29, 0.717) is 12.4 Å². The Balaban J connectivity index is 1.50. The van der Waals surface area contributed by atoms with E-state index in [4.69, 9.17) is 32.7 Å². The molecular formula is C28H27Cl2F3N6O4SSi. The number of nitrogens with zero attached hydrogens (tertiary/aromatic N) is 5. The van der Waals surface area contributed by atoms with Crippen LogP contribution in [0.25, 0.3) is 28.2 Å². The molecule has 0 radical (unpaired) electrons. The van der Waals surface area contributed by atoms with Crippen LogP contribution in [0.15, 0.2) is 53.9 Å². The molecule has 0 amide bonds. The molecule has 1 aromatic carbocycles. The molecule has 5 aromatic rings. The molecule has 0 fully saturated rings. The topological polar surface area (TPSA) is 113 Å². The fourth-order valence-electron chi connectivity index (χ4n) is 4.44. The van der Waals surface area contributed by atoms with Crippen LogP contribution >= 0.6 is 23.2 Å². The van der Waals surface area contributed by atoms with Gasteiger partial charge >= 0.3 is 0 Å². The van der Waals surface area contributed by atoms with Gasteiger partial charge in [-0.15, -0.1) is 0 Å². The molecule has 0 aliphatic rings. The van der Waals surface area contributed by atoms with Crippen LogP contribution < -0.4 is 9.46 Å².